The van der Waals surface area contributed by atoms with E-state index in [1.165, 1.54) is 18.6 Å². The van der Waals surface area contributed by atoms with Crippen LogP contribution in [0.25, 0.3) is 5.69 Å². The molecule has 40 heavy (non-hydrogen) atoms. The van der Waals surface area contributed by atoms with Crippen LogP contribution in [0.4, 0.5) is 4.39 Å². The van der Waals surface area contributed by atoms with Crippen LogP contribution >= 0.6 is 11.8 Å². The monoisotopic (exact) mass is 566 g/mol. The van der Waals surface area contributed by atoms with E-state index in [0.717, 1.165) is 37.9 Å². The number of unbranched alkanes of at least 4 members (excludes halogenated alkanes) is 1. The molecule has 1 aromatic heterocycles. The maximum absolute atomic E-state index is 13.7. The highest BCUT2D eigenvalue weighted by Gasteiger charge is 2.28. The molecule has 0 atom stereocenters. The van der Waals surface area contributed by atoms with Gasteiger partial charge in [0.05, 0.1) is 30.1 Å². The summed E-state index contributed by atoms with van der Waals surface area (Å²) in [5.41, 5.74) is 1.73. The standard InChI is InChI=1S/C30H35FN4O4S/c31-21-9-11-24(12-10-21)39-18-2-1-15-32-16-13-28(37)34-17-14-27-26(20-34)29(38)35(22-5-3-6-23(36)19-22)30(33-27)40-25-7-4-8-25/h3,5-6,9-12,19,25,32,36H,1-2,4,7-8,13-18,20H2. The van der Waals surface area contributed by atoms with Gasteiger partial charge in [-0.2, -0.15) is 0 Å². The van der Waals surface area contributed by atoms with Crippen molar-refractivity contribution in [1.82, 2.24) is 19.8 Å². The van der Waals surface area contributed by atoms with Crippen molar-refractivity contribution in [2.24, 2.45) is 0 Å². The lowest BCUT2D eigenvalue weighted by Crippen LogP contribution is -2.42. The lowest BCUT2D eigenvalue weighted by Gasteiger charge is -2.30. The molecular weight excluding hydrogens is 531 g/mol. The third-order valence-corrected chi connectivity index (χ3v) is 8.60. The maximum Gasteiger partial charge on any atom is 0.264 e. The molecule has 10 heteroatoms. The van der Waals surface area contributed by atoms with Crippen molar-refractivity contribution in [3.05, 3.63) is 76.0 Å². The zero-order valence-electron chi connectivity index (χ0n) is 22.5. The Hall–Kier alpha value is -3.37. The molecule has 3 aromatic rings. The predicted molar refractivity (Wildman–Crippen MR) is 153 cm³/mol. The number of hydrogen-bond acceptors (Lipinski definition) is 7. The summed E-state index contributed by atoms with van der Waals surface area (Å²) in [6, 6.07) is 12.7. The number of halogens is 1. The van der Waals surface area contributed by atoms with Crippen LogP contribution in [-0.4, -0.2) is 57.0 Å². The molecule has 2 aliphatic rings. The molecule has 0 bridgehead atoms. The predicted octanol–water partition coefficient (Wildman–Crippen LogP) is 4.45. The first-order valence-corrected chi connectivity index (χ1v) is 14.8. The summed E-state index contributed by atoms with van der Waals surface area (Å²) < 4.78 is 20.1. The number of phenolic OH excluding ortho intramolecular Hbond substituents is 1. The molecule has 5 rings (SSSR count). The number of nitrogens with zero attached hydrogens (tertiary/aromatic N) is 3. The number of benzene rings is 2. The molecule has 8 nitrogen and oxygen atoms in total. The van der Waals surface area contributed by atoms with Gasteiger partial charge in [-0.05, 0) is 68.6 Å². The van der Waals surface area contributed by atoms with Gasteiger partial charge in [-0.3, -0.25) is 14.2 Å². The molecule has 2 aromatic carbocycles. The molecule has 2 heterocycles. The quantitative estimate of drug-likeness (QED) is 0.247. The number of aromatic hydroxyl groups is 1. The second-order valence-corrected chi connectivity index (χ2v) is 11.5. The van der Waals surface area contributed by atoms with E-state index in [-0.39, 0.29) is 29.6 Å². The molecule has 0 spiro atoms. The minimum atomic E-state index is -0.283. The van der Waals surface area contributed by atoms with E-state index in [1.54, 1.807) is 57.6 Å². The van der Waals surface area contributed by atoms with Crippen molar-refractivity contribution in [3.8, 4) is 17.2 Å². The van der Waals surface area contributed by atoms with E-state index in [0.29, 0.717) is 59.9 Å². The number of aromatic nitrogens is 2. The van der Waals surface area contributed by atoms with Gasteiger partial charge in [-0.1, -0.05) is 24.2 Å². The Kier molecular flexibility index (Phi) is 9.38. The number of rotatable bonds is 12. The van der Waals surface area contributed by atoms with Crippen LogP contribution in [0.2, 0.25) is 0 Å². The first kappa shape index (κ1) is 28.2. The van der Waals surface area contributed by atoms with Crippen molar-refractivity contribution in [2.75, 3.05) is 26.2 Å². The van der Waals surface area contributed by atoms with Crippen LogP contribution in [-0.2, 0) is 17.8 Å². The molecule has 0 unspecified atom stereocenters. The second-order valence-electron chi connectivity index (χ2n) is 10.2. The number of nitrogens with one attached hydrogen (secondary N) is 1. The Morgan fingerprint density at radius 3 is 2.73 bits per heavy atom. The highest BCUT2D eigenvalue weighted by atomic mass is 32.2. The van der Waals surface area contributed by atoms with Gasteiger partial charge in [0.15, 0.2) is 5.16 Å². The van der Waals surface area contributed by atoms with Crippen LogP contribution in [0.15, 0.2) is 58.5 Å². The molecule has 0 radical (unpaired) electrons. The average Bonchev–Trinajstić information content (AvgIpc) is 2.93. The zero-order valence-corrected chi connectivity index (χ0v) is 23.3. The molecule has 1 aliphatic heterocycles. The SMILES string of the molecule is O=C(CCNCCCCOc1ccc(F)cc1)N1CCc2nc(SC3CCC3)n(-c3cccc(O)c3)c(=O)c2C1. The molecule has 1 aliphatic carbocycles. The molecule has 1 amide bonds. The van der Waals surface area contributed by atoms with Gasteiger partial charge < -0.3 is 20.1 Å². The van der Waals surface area contributed by atoms with E-state index in [1.807, 2.05) is 0 Å². The van der Waals surface area contributed by atoms with E-state index in [9.17, 15) is 19.1 Å². The second kappa shape index (κ2) is 13.3. The Morgan fingerprint density at radius 2 is 1.98 bits per heavy atom. The highest BCUT2D eigenvalue weighted by molar-refractivity contribution is 7.99. The van der Waals surface area contributed by atoms with Gasteiger partial charge in [-0.15, -0.1) is 0 Å². The number of carbonyl (C=O) groups is 1. The van der Waals surface area contributed by atoms with Gasteiger partial charge >= 0.3 is 0 Å². The van der Waals surface area contributed by atoms with Crippen LogP contribution in [0.5, 0.6) is 11.5 Å². The van der Waals surface area contributed by atoms with Crippen LogP contribution in [0.1, 0.15) is 49.8 Å². The number of carbonyl (C=O) groups excluding carboxylic acids is 1. The number of phenols is 1. The number of hydrogen-bond donors (Lipinski definition) is 2. The molecule has 1 saturated carbocycles. The highest BCUT2D eigenvalue weighted by Crippen LogP contribution is 2.36. The van der Waals surface area contributed by atoms with E-state index < -0.39 is 0 Å². The first-order chi connectivity index (χ1) is 19.5. The number of ether oxygens (including phenoxy) is 1. The molecular formula is C30H35FN4O4S. The fraction of sp³-hybridized carbons (Fsp3) is 0.433. The van der Waals surface area contributed by atoms with Gasteiger partial charge in [0.25, 0.3) is 5.56 Å². The first-order valence-electron chi connectivity index (χ1n) is 14.0. The summed E-state index contributed by atoms with van der Waals surface area (Å²) >= 11 is 1.63. The normalized spacial score (nSPS) is 15.0. The number of thioether (sulfide) groups is 1. The lowest BCUT2D eigenvalue weighted by molar-refractivity contribution is -0.132. The van der Waals surface area contributed by atoms with Crippen molar-refractivity contribution in [2.45, 2.75) is 61.9 Å². The third kappa shape index (κ3) is 7.03. The lowest BCUT2D eigenvalue weighted by atomic mass is 10.0. The van der Waals surface area contributed by atoms with Gasteiger partial charge in [0.1, 0.15) is 17.3 Å². The van der Waals surface area contributed by atoms with Crippen molar-refractivity contribution in [1.29, 1.82) is 0 Å². The summed E-state index contributed by atoms with van der Waals surface area (Å²) in [6.07, 6.45) is 6.06. The fourth-order valence-corrected chi connectivity index (χ4v) is 6.12. The summed E-state index contributed by atoms with van der Waals surface area (Å²) in [5, 5.41) is 14.5. The van der Waals surface area contributed by atoms with Crippen molar-refractivity contribution < 1.29 is 19.0 Å². The van der Waals surface area contributed by atoms with Crippen molar-refractivity contribution in [3.63, 3.8) is 0 Å². The maximum atomic E-state index is 13.7. The Labute approximate surface area is 237 Å². The topological polar surface area (TPSA) is 96.7 Å². The number of amides is 1. The third-order valence-electron chi connectivity index (χ3n) is 7.31. The molecule has 1 fully saturated rings. The van der Waals surface area contributed by atoms with E-state index >= 15 is 0 Å². The van der Waals surface area contributed by atoms with Crippen LogP contribution in [0.3, 0.4) is 0 Å². The molecule has 212 valence electrons. The smallest absolute Gasteiger partial charge is 0.264 e. The van der Waals surface area contributed by atoms with Crippen LogP contribution in [0, 0.1) is 5.82 Å². The summed E-state index contributed by atoms with van der Waals surface area (Å²) in [6.45, 7) is 2.66. The number of fused-ring (bicyclic) bond motifs is 1. The average molecular weight is 567 g/mol. The summed E-state index contributed by atoms with van der Waals surface area (Å²) in [7, 11) is 0. The summed E-state index contributed by atoms with van der Waals surface area (Å²) in [4.78, 5) is 33.4. The minimum Gasteiger partial charge on any atom is -0.508 e. The minimum absolute atomic E-state index is 0.00835. The Bertz CT molecular complexity index is 1380. The van der Waals surface area contributed by atoms with E-state index in [4.69, 9.17) is 9.72 Å². The molecule has 2 N–H and O–H groups in total. The summed E-state index contributed by atoms with van der Waals surface area (Å²) in [5.74, 6) is 0.468. The van der Waals surface area contributed by atoms with Gasteiger partial charge in [0.2, 0.25) is 5.91 Å². The van der Waals surface area contributed by atoms with E-state index in [2.05, 4.69) is 5.32 Å². The Morgan fingerprint density at radius 1 is 1.15 bits per heavy atom. The zero-order chi connectivity index (χ0) is 27.9. The fourth-order valence-electron chi connectivity index (χ4n) is 4.80. The van der Waals surface area contributed by atoms with Gasteiger partial charge in [-0.25, -0.2) is 9.37 Å². The van der Waals surface area contributed by atoms with Crippen LogP contribution < -0.4 is 15.6 Å². The largest absolute Gasteiger partial charge is 0.508 e. The Balaban J connectivity index is 1.13. The van der Waals surface area contributed by atoms with Gasteiger partial charge in [0, 0.05) is 37.2 Å². The molecule has 0 saturated heterocycles. The van der Waals surface area contributed by atoms with Crippen molar-refractivity contribution >= 4 is 17.7 Å².